The van der Waals surface area contributed by atoms with Gasteiger partial charge in [-0.25, -0.2) is 0 Å². The molecule has 0 amide bonds. The normalized spacial score (nSPS) is 19.0. The van der Waals surface area contributed by atoms with E-state index in [0.29, 0.717) is 11.6 Å². The van der Waals surface area contributed by atoms with Gasteiger partial charge in [-0.15, -0.1) is 0 Å². The van der Waals surface area contributed by atoms with E-state index in [1.807, 2.05) is 24.3 Å². The topological polar surface area (TPSA) is 49.3 Å². The Balaban J connectivity index is 1.58. The van der Waals surface area contributed by atoms with E-state index in [-0.39, 0.29) is 6.79 Å². The molecule has 1 atom stereocenters. The second-order valence-corrected chi connectivity index (χ2v) is 5.89. The number of benzene rings is 1. The van der Waals surface area contributed by atoms with Gasteiger partial charge in [0.25, 0.3) is 12.2 Å². The monoisotopic (exact) mass is 315 g/mol. The maximum Gasteiger partial charge on any atom is 0.287 e. The second kappa shape index (κ2) is 6.77. The molecule has 23 heavy (non-hydrogen) atoms. The minimum absolute atomic E-state index is 0.249. The van der Waals surface area contributed by atoms with Gasteiger partial charge in [0.2, 0.25) is 6.79 Å². The molecule has 5 heteroatoms. The Morgan fingerprint density at radius 1 is 1.22 bits per heavy atom. The third kappa shape index (κ3) is 3.86. The van der Waals surface area contributed by atoms with Crippen LogP contribution in [0, 0.1) is 0 Å². The Labute approximate surface area is 136 Å². The summed E-state index contributed by atoms with van der Waals surface area (Å²) in [4.78, 5) is 5.34. The lowest BCUT2D eigenvalue weighted by atomic mass is 10.1. The fraction of sp³-hybridized carbons (Fsp3) is 0.389. The zero-order chi connectivity index (χ0) is 16.2. The maximum absolute atomic E-state index is 5.74. The SMILES string of the molecule is CC(C)=CCC/C(C)=C/C1ON=C(c2ccc3c(c2)OCO3)O1. The first-order chi connectivity index (χ1) is 11.1. The number of allylic oxidation sites excluding steroid dienone is 3. The molecule has 3 rings (SSSR count). The lowest BCUT2D eigenvalue weighted by Gasteiger charge is -2.07. The lowest BCUT2D eigenvalue weighted by molar-refractivity contribution is -0.00956. The van der Waals surface area contributed by atoms with Crippen LogP contribution in [0.2, 0.25) is 0 Å². The van der Waals surface area contributed by atoms with E-state index >= 15 is 0 Å². The van der Waals surface area contributed by atoms with E-state index in [1.54, 1.807) is 0 Å². The molecule has 0 radical (unpaired) electrons. The van der Waals surface area contributed by atoms with Crippen LogP contribution in [0.1, 0.15) is 39.2 Å². The van der Waals surface area contributed by atoms with Crippen molar-refractivity contribution in [3.05, 3.63) is 47.1 Å². The number of ether oxygens (including phenoxy) is 3. The first-order valence-corrected chi connectivity index (χ1v) is 7.73. The van der Waals surface area contributed by atoms with Crippen molar-refractivity contribution in [2.75, 3.05) is 6.79 Å². The first kappa shape index (κ1) is 15.5. The van der Waals surface area contributed by atoms with Crippen LogP contribution in [0.25, 0.3) is 0 Å². The summed E-state index contributed by atoms with van der Waals surface area (Å²) in [7, 11) is 0. The molecule has 0 N–H and O–H groups in total. The number of hydrogen-bond donors (Lipinski definition) is 0. The second-order valence-electron chi connectivity index (χ2n) is 5.89. The number of hydrogen-bond acceptors (Lipinski definition) is 5. The van der Waals surface area contributed by atoms with Gasteiger partial charge < -0.3 is 19.0 Å². The molecule has 0 saturated carbocycles. The van der Waals surface area contributed by atoms with Crippen LogP contribution >= 0.6 is 0 Å². The van der Waals surface area contributed by atoms with Gasteiger partial charge in [-0.2, -0.15) is 0 Å². The van der Waals surface area contributed by atoms with E-state index in [4.69, 9.17) is 19.0 Å². The summed E-state index contributed by atoms with van der Waals surface area (Å²) in [6.07, 6.45) is 5.72. The van der Waals surface area contributed by atoms with Crippen molar-refractivity contribution in [3.8, 4) is 11.5 Å². The third-order valence-electron chi connectivity index (χ3n) is 3.60. The first-order valence-electron chi connectivity index (χ1n) is 7.73. The smallest absolute Gasteiger partial charge is 0.287 e. The van der Waals surface area contributed by atoms with Gasteiger partial charge in [-0.1, -0.05) is 17.2 Å². The molecule has 2 aliphatic heterocycles. The van der Waals surface area contributed by atoms with Gasteiger partial charge in [0.15, 0.2) is 11.5 Å². The summed E-state index contributed by atoms with van der Waals surface area (Å²) in [6, 6.07) is 5.57. The number of nitrogens with zero attached hydrogens (tertiary/aromatic N) is 1. The van der Waals surface area contributed by atoms with Gasteiger partial charge in [0.05, 0.1) is 0 Å². The Kier molecular flexibility index (Phi) is 4.55. The number of fused-ring (bicyclic) bond motifs is 1. The standard InChI is InChI=1S/C18H21NO4/c1-12(2)5-4-6-13(3)9-17-22-18(19-23-17)14-7-8-15-16(10-14)21-11-20-15/h5,7-10,17H,4,6,11H2,1-3H3/b13-9+. The summed E-state index contributed by atoms with van der Waals surface area (Å²) in [5.41, 5.74) is 3.36. The van der Waals surface area contributed by atoms with E-state index in [2.05, 4.69) is 32.0 Å². The highest BCUT2D eigenvalue weighted by molar-refractivity contribution is 5.95. The molecule has 5 nitrogen and oxygen atoms in total. The van der Waals surface area contributed by atoms with Crippen molar-refractivity contribution >= 4 is 5.90 Å². The largest absolute Gasteiger partial charge is 0.454 e. The molecule has 1 unspecified atom stereocenters. The Morgan fingerprint density at radius 2 is 2.04 bits per heavy atom. The highest BCUT2D eigenvalue weighted by atomic mass is 16.8. The molecule has 122 valence electrons. The van der Waals surface area contributed by atoms with Gasteiger partial charge in [0.1, 0.15) is 0 Å². The molecule has 2 heterocycles. The minimum atomic E-state index is -0.470. The summed E-state index contributed by atoms with van der Waals surface area (Å²) in [5.74, 6) is 1.90. The summed E-state index contributed by atoms with van der Waals surface area (Å²) in [5, 5.41) is 4.02. The van der Waals surface area contributed by atoms with E-state index in [1.165, 1.54) is 11.1 Å². The van der Waals surface area contributed by atoms with E-state index < -0.39 is 6.29 Å². The zero-order valence-electron chi connectivity index (χ0n) is 13.7. The lowest BCUT2D eigenvalue weighted by Crippen LogP contribution is -2.10. The summed E-state index contributed by atoms with van der Waals surface area (Å²) in [6.45, 7) is 6.53. The quantitative estimate of drug-likeness (QED) is 0.766. The fourth-order valence-corrected chi connectivity index (χ4v) is 2.37. The van der Waals surface area contributed by atoms with E-state index in [0.717, 1.165) is 24.2 Å². The Bertz CT molecular complexity index is 672. The van der Waals surface area contributed by atoms with Gasteiger partial charge >= 0.3 is 0 Å². The Morgan fingerprint density at radius 3 is 2.87 bits per heavy atom. The third-order valence-corrected chi connectivity index (χ3v) is 3.60. The van der Waals surface area contributed by atoms with Crippen LogP contribution in [-0.2, 0) is 9.57 Å². The molecule has 0 bridgehead atoms. The molecule has 0 aromatic heterocycles. The van der Waals surface area contributed by atoms with Crippen LogP contribution in [0.5, 0.6) is 11.5 Å². The number of oxime groups is 1. The van der Waals surface area contributed by atoms with Crippen molar-refractivity contribution in [1.29, 1.82) is 0 Å². The highest BCUT2D eigenvalue weighted by Gasteiger charge is 2.23. The predicted molar refractivity (Wildman–Crippen MR) is 87.5 cm³/mol. The number of rotatable bonds is 5. The van der Waals surface area contributed by atoms with Crippen LogP contribution in [0.3, 0.4) is 0 Å². The highest BCUT2D eigenvalue weighted by Crippen LogP contribution is 2.33. The Hall–Kier alpha value is -2.43. The average Bonchev–Trinajstić information content (AvgIpc) is 3.14. The van der Waals surface area contributed by atoms with Gasteiger partial charge in [-0.05, 0) is 63.0 Å². The molecule has 0 spiro atoms. The molecular formula is C18H21NO4. The van der Waals surface area contributed by atoms with Crippen molar-refractivity contribution < 1.29 is 19.0 Å². The average molecular weight is 315 g/mol. The van der Waals surface area contributed by atoms with Crippen molar-refractivity contribution in [2.24, 2.45) is 5.16 Å². The van der Waals surface area contributed by atoms with Crippen LogP contribution in [0.15, 0.2) is 46.7 Å². The van der Waals surface area contributed by atoms with Gasteiger partial charge in [-0.3, -0.25) is 0 Å². The molecule has 1 aromatic rings. The zero-order valence-corrected chi connectivity index (χ0v) is 13.7. The minimum Gasteiger partial charge on any atom is -0.454 e. The molecule has 0 saturated heterocycles. The fourth-order valence-electron chi connectivity index (χ4n) is 2.37. The summed E-state index contributed by atoms with van der Waals surface area (Å²) >= 11 is 0. The van der Waals surface area contributed by atoms with Crippen LogP contribution in [0.4, 0.5) is 0 Å². The van der Waals surface area contributed by atoms with Gasteiger partial charge in [0, 0.05) is 5.56 Å². The molecule has 0 fully saturated rings. The van der Waals surface area contributed by atoms with Crippen LogP contribution in [-0.4, -0.2) is 19.0 Å². The molecule has 1 aromatic carbocycles. The van der Waals surface area contributed by atoms with Crippen molar-refractivity contribution in [2.45, 2.75) is 39.9 Å². The van der Waals surface area contributed by atoms with Crippen molar-refractivity contribution in [1.82, 2.24) is 0 Å². The molecular weight excluding hydrogens is 294 g/mol. The van der Waals surface area contributed by atoms with Crippen LogP contribution < -0.4 is 9.47 Å². The van der Waals surface area contributed by atoms with Crippen molar-refractivity contribution in [3.63, 3.8) is 0 Å². The molecule has 2 aliphatic rings. The summed E-state index contributed by atoms with van der Waals surface area (Å²) < 4.78 is 16.4. The predicted octanol–water partition coefficient (Wildman–Crippen LogP) is 4.14. The van der Waals surface area contributed by atoms with E-state index in [9.17, 15) is 0 Å². The molecule has 0 aliphatic carbocycles. The maximum atomic E-state index is 5.74.